The molecule has 0 bridgehead atoms. The topological polar surface area (TPSA) is 44.8 Å². The summed E-state index contributed by atoms with van der Waals surface area (Å²) in [6.45, 7) is 2.39. The number of aryl methyl sites for hydroxylation is 1. The van der Waals surface area contributed by atoms with Crippen LogP contribution in [0.1, 0.15) is 21.5 Å². The van der Waals surface area contributed by atoms with Crippen molar-refractivity contribution in [3.05, 3.63) is 59.2 Å². The van der Waals surface area contributed by atoms with E-state index in [2.05, 4.69) is 0 Å². The van der Waals surface area contributed by atoms with Crippen LogP contribution >= 0.6 is 0 Å². The van der Waals surface area contributed by atoms with Crippen LogP contribution in [0.5, 0.6) is 11.5 Å². The molecule has 2 rings (SSSR count). The summed E-state index contributed by atoms with van der Waals surface area (Å²) in [6, 6.07) is 13.4. The Morgan fingerprint density at radius 1 is 1.10 bits per heavy atom. The Hall–Kier alpha value is -2.33. The summed E-state index contributed by atoms with van der Waals surface area (Å²) in [4.78, 5) is 11.1. The molecule has 0 saturated heterocycles. The Balaban J connectivity index is 2.16. The van der Waals surface area contributed by atoms with Crippen LogP contribution < -0.4 is 9.47 Å². The van der Waals surface area contributed by atoms with Crippen molar-refractivity contribution in [3.8, 4) is 11.5 Å². The van der Waals surface area contributed by atoms with E-state index in [0.717, 1.165) is 17.4 Å². The van der Waals surface area contributed by atoms with E-state index in [-0.39, 0.29) is 6.79 Å². The van der Waals surface area contributed by atoms with E-state index in [9.17, 15) is 4.79 Å². The zero-order valence-corrected chi connectivity index (χ0v) is 12.2. The maximum atomic E-state index is 11.1. The minimum absolute atomic E-state index is 0.0857. The molecule has 0 heterocycles. The number of methoxy groups -OCH3 is 1. The van der Waals surface area contributed by atoms with Crippen LogP contribution in [0.2, 0.25) is 0 Å². The van der Waals surface area contributed by atoms with Crippen LogP contribution in [0.3, 0.4) is 0 Å². The summed E-state index contributed by atoms with van der Waals surface area (Å²) in [5, 5.41) is 0. The number of aldehydes is 1. The molecule has 2 aromatic rings. The highest BCUT2D eigenvalue weighted by Gasteiger charge is 2.10. The molecule has 0 fully saturated rings. The fourth-order valence-electron chi connectivity index (χ4n) is 1.95. The second-order valence-corrected chi connectivity index (χ2v) is 4.59. The number of carbonyl (C=O) groups excluding carboxylic acids is 1. The largest absolute Gasteiger partial charge is 0.489 e. The predicted molar refractivity (Wildman–Crippen MR) is 79.8 cm³/mol. The number of hydrogen-bond acceptors (Lipinski definition) is 4. The van der Waals surface area contributed by atoms with Crippen molar-refractivity contribution in [1.82, 2.24) is 0 Å². The lowest BCUT2D eigenvalue weighted by molar-refractivity contribution is 0.0503. The number of benzene rings is 2. The molecule has 2 aromatic carbocycles. The van der Waals surface area contributed by atoms with Gasteiger partial charge in [-0.05, 0) is 24.1 Å². The maximum absolute atomic E-state index is 11.1. The highest BCUT2D eigenvalue weighted by molar-refractivity contribution is 5.82. The Bertz CT molecular complexity index is 593. The van der Waals surface area contributed by atoms with Crippen molar-refractivity contribution in [2.24, 2.45) is 0 Å². The molecule has 0 unspecified atom stereocenters. The third-order valence-corrected chi connectivity index (χ3v) is 3.02. The SMILES string of the molecule is COCOc1cc(OCc2ccccc2)cc(C)c1C=O. The lowest BCUT2D eigenvalue weighted by Crippen LogP contribution is -2.04. The van der Waals surface area contributed by atoms with Crippen molar-refractivity contribution in [2.75, 3.05) is 13.9 Å². The van der Waals surface area contributed by atoms with E-state index in [1.807, 2.05) is 43.3 Å². The van der Waals surface area contributed by atoms with E-state index < -0.39 is 0 Å². The van der Waals surface area contributed by atoms with Crippen LogP contribution in [0.25, 0.3) is 0 Å². The smallest absolute Gasteiger partial charge is 0.188 e. The predicted octanol–water partition coefficient (Wildman–Crippen LogP) is 3.37. The highest BCUT2D eigenvalue weighted by atomic mass is 16.7. The van der Waals surface area contributed by atoms with Gasteiger partial charge in [0.25, 0.3) is 0 Å². The van der Waals surface area contributed by atoms with Crippen LogP contribution in [0.4, 0.5) is 0 Å². The normalized spacial score (nSPS) is 10.2. The van der Waals surface area contributed by atoms with Gasteiger partial charge in [0, 0.05) is 13.2 Å². The molecular formula is C17H18O4. The fourth-order valence-corrected chi connectivity index (χ4v) is 1.95. The van der Waals surface area contributed by atoms with Crippen molar-refractivity contribution < 1.29 is 19.0 Å². The van der Waals surface area contributed by atoms with E-state index in [1.54, 1.807) is 6.07 Å². The maximum Gasteiger partial charge on any atom is 0.188 e. The van der Waals surface area contributed by atoms with E-state index in [0.29, 0.717) is 23.7 Å². The summed E-state index contributed by atoms with van der Waals surface area (Å²) >= 11 is 0. The zero-order chi connectivity index (χ0) is 15.1. The van der Waals surface area contributed by atoms with Gasteiger partial charge >= 0.3 is 0 Å². The first-order valence-electron chi connectivity index (χ1n) is 6.63. The van der Waals surface area contributed by atoms with Crippen LogP contribution in [-0.4, -0.2) is 20.2 Å². The summed E-state index contributed by atoms with van der Waals surface area (Å²) in [7, 11) is 1.53. The molecule has 0 radical (unpaired) electrons. The number of hydrogen-bond donors (Lipinski definition) is 0. The lowest BCUT2D eigenvalue weighted by Gasteiger charge is -2.13. The molecule has 0 aliphatic rings. The molecule has 0 aliphatic heterocycles. The summed E-state index contributed by atoms with van der Waals surface area (Å²) in [5.41, 5.74) is 2.40. The number of carbonyl (C=O) groups is 1. The Kier molecular flexibility index (Phi) is 5.35. The third-order valence-electron chi connectivity index (χ3n) is 3.02. The van der Waals surface area contributed by atoms with Gasteiger partial charge in [0.05, 0.1) is 5.56 Å². The van der Waals surface area contributed by atoms with Gasteiger partial charge in [-0.25, -0.2) is 0 Å². The van der Waals surface area contributed by atoms with Gasteiger partial charge in [-0.1, -0.05) is 30.3 Å². The van der Waals surface area contributed by atoms with Gasteiger partial charge in [0.2, 0.25) is 0 Å². The molecule has 4 nitrogen and oxygen atoms in total. The summed E-state index contributed by atoms with van der Waals surface area (Å²) in [5.74, 6) is 1.13. The van der Waals surface area contributed by atoms with Gasteiger partial charge in [-0.2, -0.15) is 0 Å². The van der Waals surface area contributed by atoms with Gasteiger partial charge in [0.15, 0.2) is 13.1 Å². The highest BCUT2D eigenvalue weighted by Crippen LogP contribution is 2.28. The average Bonchev–Trinajstić information content (AvgIpc) is 2.51. The quantitative estimate of drug-likeness (QED) is 0.578. The van der Waals surface area contributed by atoms with Gasteiger partial charge in [-0.3, -0.25) is 4.79 Å². The van der Waals surface area contributed by atoms with Gasteiger partial charge in [0.1, 0.15) is 18.1 Å². The second kappa shape index (κ2) is 7.45. The molecule has 0 N–H and O–H groups in total. The molecule has 4 heteroatoms. The monoisotopic (exact) mass is 286 g/mol. The molecule has 0 aromatic heterocycles. The zero-order valence-electron chi connectivity index (χ0n) is 12.2. The van der Waals surface area contributed by atoms with E-state index in [4.69, 9.17) is 14.2 Å². The van der Waals surface area contributed by atoms with Crippen LogP contribution in [0, 0.1) is 6.92 Å². The van der Waals surface area contributed by atoms with Crippen molar-refractivity contribution in [3.63, 3.8) is 0 Å². The third kappa shape index (κ3) is 4.07. The minimum Gasteiger partial charge on any atom is -0.489 e. The van der Waals surface area contributed by atoms with E-state index in [1.165, 1.54) is 7.11 Å². The number of rotatable bonds is 7. The Labute approximate surface area is 124 Å². The standard InChI is InChI=1S/C17H18O4/c1-13-8-15(20-11-14-6-4-3-5-7-14)9-17(16(13)10-18)21-12-19-2/h3-10H,11-12H2,1-2H3. The number of ether oxygens (including phenoxy) is 3. The molecular weight excluding hydrogens is 268 g/mol. The first-order chi connectivity index (χ1) is 10.2. The molecule has 110 valence electrons. The summed E-state index contributed by atoms with van der Waals surface area (Å²) < 4.78 is 16.0. The molecule has 0 aliphatic carbocycles. The average molecular weight is 286 g/mol. The lowest BCUT2D eigenvalue weighted by atomic mass is 10.1. The van der Waals surface area contributed by atoms with Crippen LogP contribution in [-0.2, 0) is 11.3 Å². The van der Waals surface area contributed by atoms with Gasteiger partial charge in [-0.15, -0.1) is 0 Å². The van der Waals surface area contributed by atoms with Crippen molar-refractivity contribution >= 4 is 6.29 Å². The van der Waals surface area contributed by atoms with Gasteiger partial charge < -0.3 is 14.2 Å². The molecule has 0 atom stereocenters. The van der Waals surface area contributed by atoms with Crippen LogP contribution in [0.15, 0.2) is 42.5 Å². The van der Waals surface area contributed by atoms with Crippen molar-refractivity contribution in [1.29, 1.82) is 0 Å². The first-order valence-corrected chi connectivity index (χ1v) is 6.63. The van der Waals surface area contributed by atoms with Crippen molar-refractivity contribution in [2.45, 2.75) is 13.5 Å². The van der Waals surface area contributed by atoms with E-state index >= 15 is 0 Å². The molecule has 0 amide bonds. The summed E-state index contributed by atoms with van der Waals surface area (Å²) in [6.07, 6.45) is 0.779. The molecule has 21 heavy (non-hydrogen) atoms. The fraction of sp³-hybridized carbons (Fsp3) is 0.235. The Morgan fingerprint density at radius 3 is 2.52 bits per heavy atom. The molecule has 0 spiro atoms. The second-order valence-electron chi connectivity index (χ2n) is 4.59. The first kappa shape index (κ1) is 15.1. The minimum atomic E-state index is 0.0857. The molecule has 0 saturated carbocycles. The Morgan fingerprint density at radius 2 is 1.86 bits per heavy atom.